The number of aliphatic hydroxyl groups excluding tert-OH is 1. The quantitative estimate of drug-likeness (QED) is 0.646. The topological polar surface area (TPSA) is 72.5 Å². The van der Waals surface area contributed by atoms with Crippen molar-refractivity contribution in [2.45, 2.75) is 6.29 Å². The first-order chi connectivity index (χ1) is 6.31. The van der Waals surface area contributed by atoms with E-state index in [4.69, 9.17) is 0 Å². The van der Waals surface area contributed by atoms with E-state index in [1.54, 1.807) is 18.5 Å². The minimum absolute atomic E-state index is 0.209. The van der Waals surface area contributed by atoms with Crippen LogP contribution in [0.3, 0.4) is 0 Å². The number of aliphatic hydroxyl groups is 1. The number of hydrogen-bond acceptors (Lipinski definition) is 5. The van der Waals surface area contributed by atoms with Gasteiger partial charge in [0.25, 0.3) is 5.78 Å². The zero-order chi connectivity index (χ0) is 9.26. The Hall–Kier alpha value is -1.53. The molecule has 0 saturated heterocycles. The van der Waals surface area contributed by atoms with Crippen LogP contribution >= 0.6 is 0 Å². The third-order valence-corrected chi connectivity index (χ3v) is 1.58. The average Bonchev–Trinajstić information content (AvgIpc) is 2.59. The fourth-order valence-electron chi connectivity index (χ4n) is 0.959. The van der Waals surface area contributed by atoms with Gasteiger partial charge in [0.2, 0.25) is 12.1 Å². The second-order valence-electron chi connectivity index (χ2n) is 2.42. The summed E-state index contributed by atoms with van der Waals surface area (Å²) in [6.45, 7) is 0. The van der Waals surface area contributed by atoms with Crippen molar-refractivity contribution in [2.75, 3.05) is 7.11 Å². The SMILES string of the molecule is COC(O)c1nc2ncccn2n1. The Balaban J connectivity index is 2.49. The molecule has 0 fully saturated rings. The van der Waals surface area contributed by atoms with Crippen LogP contribution in [0.1, 0.15) is 12.1 Å². The Morgan fingerprint density at radius 1 is 1.62 bits per heavy atom. The van der Waals surface area contributed by atoms with Crippen LogP contribution in [0.5, 0.6) is 0 Å². The summed E-state index contributed by atoms with van der Waals surface area (Å²) in [6.07, 6.45) is 2.20. The summed E-state index contributed by atoms with van der Waals surface area (Å²) in [5.74, 6) is 0.648. The predicted octanol–water partition coefficient (Wildman–Crippen LogP) is -0.238. The van der Waals surface area contributed by atoms with Crippen LogP contribution in [0.4, 0.5) is 0 Å². The summed E-state index contributed by atoms with van der Waals surface area (Å²) in [6, 6.07) is 1.73. The lowest BCUT2D eigenvalue weighted by Gasteiger charge is -2.00. The minimum atomic E-state index is -1.10. The zero-order valence-corrected chi connectivity index (χ0v) is 6.95. The maximum atomic E-state index is 9.24. The molecule has 13 heavy (non-hydrogen) atoms. The van der Waals surface area contributed by atoms with Crippen LogP contribution in [0, 0.1) is 0 Å². The van der Waals surface area contributed by atoms with E-state index in [2.05, 4.69) is 19.8 Å². The number of ether oxygens (including phenoxy) is 1. The van der Waals surface area contributed by atoms with E-state index in [1.807, 2.05) is 0 Å². The Bertz CT molecular complexity index is 381. The lowest BCUT2D eigenvalue weighted by atomic mass is 10.6. The highest BCUT2D eigenvalue weighted by molar-refractivity contribution is 5.24. The smallest absolute Gasteiger partial charge is 0.252 e. The first-order valence-electron chi connectivity index (χ1n) is 3.69. The molecule has 6 nitrogen and oxygen atoms in total. The lowest BCUT2D eigenvalue weighted by molar-refractivity contribution is -0.0828. The van der Waals surface area contributed by atoms with Crippen LogP contribution in [0.2, 0.25) is 0 Å². The van der Waals surface area contributed by atoms with Crippen molar-refractivity contribution in [3.05, 3.63) is 24.3 Å². The highest BCUT2D eigenvalue weighted by Crippen LogP contribution is 2.07. The molecule has 68 valence electrons. The highest BCUT2D eigenvalue weighted by atomic mass is 16.6. The number of rotatable bonds is 2. The molecule has 0 aliphatic rings. The van der Waals surface area contributed by atoms with E-state index < -0.39 is 6.29 Å². The third kappa shape index (κ3) is 1.36. The van der Waals surface area contributed by atoms with Crippen molar-refractivity contribution in [3.63, 3.8) is 0 Å². The molecule has 0 bridgehead atoms. The van der Waals surface area contributed by atoms with Crippen molar-refractivity contribution in [1.82, 2.24) is 19.6 Å². The van der Waals surface area contributed by atoms with E-state index in [-0.39, 0.29) is 5.82 Å². The van der Waals surface area contributed by atoms with Crippen LogP contribution in [0.15, 0.2) is 18.5 Å². The number of hydrogen-bond donors (Lipinski definition) is 1. The third-order valence-electron chi connectivity index (χ3n) is 1.58. The maximum absolute atomic E-state index is 9.24. The summed E-state index contributed by atoms with van der Waals surface area (Å²) in [5.41, 5.74) is 0. The van der Waals surface area contributed by atoms with Gasteiger partial charge in [-0.25, -0.2) is 9.50 Å². The summed E-state index contributed by atoms with van der Waals surface area (Å²) < 4.78 is 6.13. The molecule has 2 rings (SSSR count). The summed E-state index contributed by atoms with van der Waals surface area (Å²) in [4.78, 5) is 7.89. The molecule has 6 heteroatoms. The molecule has 0 amide bonds. The molecular weight excluding hydrogens is 172 g/mol. The Kier molecular flexibility index (Phi) is 1.91. The molecular formula is C7H8N4O2. The molecule has 0 saturated carbocycles. The molecule has 1 N–H and O–H groups in total. The normalized spacial score (nSPS) is 13.4. The maximum Gasteiger partial charge on any atom is 0.252 e. The minimum Gasteiger partial charge on any atom is -0.362 e. The molecule has 0 aliphatic carbocycles. The second kappa shape index (κ2) is 3.08. The van der Waals surface area contributed by atoms with Gasteiger partial charge < -0.3 is 9.84 Å². The first kappa shape index (κ1) is 8.09. The highest BCUT2D eigenvalue weighted by Gasteiger charge is 2.12. The number of aromatic nitrogens is 4. The van der Waals surface area contributed by atoms with Crippen LogP contribution in [-0.2, 0) is 4.74 Å². The first-order valence-corrected chi connectivity index (χ1v) is 3.69. The summed E-state index contributed by atoms with van der Waals surface area (Å²) in [5, 5.41) is 13.2. The van der Waals surface area contributed by atoms with E-state index in [0.717, 1.165) is 0 Å². The van der Waals surface area contributed by atoms with E-state index >= 15 is 0 Å². The van der Waals surface area contributed by atoms with Crippen molar-refractivity contribution >= 4 is 5.78 Å². The monoisotopic (exact) mass is 180 g/mol. The number of nitrogens with zero attached hydrogens (tertiary/aromatic N) is 4. The lowest BCUT2D eigenvalue weighted by Crippen LogP contribution is -2.01. The second-order valence-corrected chi connectivity index (χ2v) is 2.42. The van der Waals surface area contributed by atoms with E-state index in [9.17, 15) is 5.11 Å². The molecule has 2 heterocycles. The van der Waals surface area contributed by atoms with Crippen molar-refractivity contribution in [3.8, 4) is 0 Å². The molecule has 1 unspecified atom stereocenters. The van der Waals surface area contributed by atoms with Crippen LogP contribution < -0.4 is 0 Å². The van der Waals surface area contributed by atoms with Gasteiger partial charge in [0.1, 0.15) is 0 Å². The molecule has 2 aromatic heterocycles. The van der Waals surface area contributed by atoms with Crippen LogP contribution in [0.25, 0.3) is 5.78 Å². The van der Waals surface area contributed by atoms with Gasteiger partial charge in [0.15, 0.2) is 0 Å². The van der Waals surface area contributed by atoms with E-state index in [1.165, 1.54) is 11.6 Å². The average molecular weight is 180 g/mol. The Morgan fingerprint density at radius 2 is 2.46 bits per heavy atom. The van der Waals surface area contributed by atoms with Gasteiger partial charge in [0, 0.05) is 19.5 Å². The van der Waals surface area contributed by atoms with Crippen molar-refractivity contribution in [2.24, 2.45) is 0 Å². The van der Waals surface area contributed by atoms with Gasteiger partial charge >= 0.3 is 0 Å². The van der Waals surface area contributed by atoms with Gasteiger partial charge in [-0.15, -0.1) is 5.10 Å². The summed E-state index contributed by atoms with van der Waals surface area (Å²) >= 11 is 0. The molecule has 0 radical (unpaired) electrons. The fourth-order valence-corrected chi connectivity index (χ4v) is 0.959. The Morgan fingerprint density at radius 3 is 3.15 bits per heavy atom. The molecule has 2 aromatic rings. The van der Waals surface area contributed by atoms with Gasteiger partial charge in [0.05, 0.1) is 0 Å². The molecule has 0 aliphatic heterocycles. The van der Waals surface area contributed by atoms with Gasteiger partial charge in [-0.3, -0.25) is 0 Å². The predicted molar refractivity (Wildman–Crippen MR) is 42.8 cm³/mol. The van der Waals surface area contributed by atoms with Crippen molar-refractivity contribution in [1.29, 1.82) is 0 Å². The molecule has 1 atom stereocenters. The van der Waals surface area contributed by atoms with Gasteiger partial charge in [-0.05, 0) is 6.07 Å². The standard InChI is InChI=1S/C7H8N4O2/c1-13-6(12)5-9-7-8-3-2-4-11(7)10-5/h2-4,6,12H,1H3. The van der Waals surface area contributed by atoms with E-state index in [0.29, 0.717) is 5.78 Å². The molecule has 0 aromatic carbocycles. The molecule has 0 spiro atoms. The van der Waals surface area contributed by atoms with Crippen molar-refractivity contribution < 1.29 is 9.84 Å². The fraction of sp³-hybridized carbons (Fsp3) is 0.286. The number of methoxy groups -OCH3 is 1. The van der Waals surface area contributed by atoms with Crippen LogP contribution in [-0.4, -0.2) is 31.8 Å². The van der Waals surface area contributed by atoms with Gasteiger partial charge in [-0.2, -0.15) is 4.98 Å². The summed E-state index contributed by atoms with van der Waals surface area (Å²) in [7, 11) is 1.38. The zero-order valence-electron chi connectivity index (χ0n) is 6.95. The van der Waals surface area contributed by atoms with Gasteiger partial charge in [-0.1, -0.05) is 0 Å². The largest absolute Gasteiger partial charge is 0.362 e. The number of fused-ring (bicyclic) bond motifs is 1. The Labute approximate surface area is 73.8 Å².